The molecule has 112 valence electrons. The molecule has 3 nitrogen and oxygen atoms in total. The molecule has 0 radical (unpaired) electrons. The number of rotatable bonds is 4. The van der Waals surface area contributed by atoms with Gasteiger partial charge in [-0.05, 0) is 43.2 Å². The predicted octanol–water partition coefficient (Wildman–Crippen LogP) is 3.40. The number of benzene rings is 1. The summed E-state index contributed by atoms with van der Waals surface area (Å²) in [5, 5.41) is 3.37. The molecule has 1 aliphatic rings. The lowest BCUT2D eigenvalue weighted by Crippen LogP contribution is -2.50. The lowest BCUT2D eigenvalue weighted by molar-refractivity contribution is 0.205. The molecule has 1 saturated carbocycles. The highest BCUT2D eigenvalue weighted by atomic mass is 19.1. The molecule has 0 aromatic heterocycles. The quantitative estimate of drug-likeness (QED) is 0.888. The van der Waals surface area contributed by atoms with Crippen molar-refractivity contribution in [2.24, 2.45) is 17.6 Å². The molecule has 0 aliphatic heterocycles. The first-order valence-electron chi connectivity index (χ1n) is 7.30. The van der Waals surface area contributed by atoms with E-state index in [9.17, 15) is 4.39 Å². The number of halogens is 1. The first kappa shape index (κ1) is 15.1. The van der Waals surface area contributed by atoms with Crippen molar-refractivity contribution in [2.75, 3.05) is 19.0 Å². The maximum atomic E-state index is 14.0. The van der Waals surface area contributed by atoms with Crippen LogP contribution in [-0.4, -0.2) is 19.2 Å². The minimum atomic E-state index is -0.260. The van der Waals surface area contributed by atoms with Crippen LogP contribution in [0.5, 0.6) is 5.75 Å². The van der Waals surface area contributed by atoms with E-state index in [1.165, 1.54) is 12.5 Å². The summed E-state index contributed by atoms with van der Waals surface area (Å²) < 4.78 is 19.2. The van der Waals surface area contributed by atoms with Crippen molar-refractivity contribution < 1.29 is 9.13 Å². The van der Waals surface area contributed by atoms with E-state index in [1.54, 1.807) is 19.2 Å². The summed E-state index contributed by atoms with van der Waals surface area (Å²) in [5.74, 6) is 1.59. The molecule has 3 N–H and O–H groups in total. The Morgan fingerprint density at radius 2 is 2.00 bits per heavy atom. The van der Waals surface area contributed by atoms with E-state index >= 15 is 0 Å². The molecular formula is C16H25FN2O. The van der Waals surface area contributed by atoms with Crippen molar-refractivity contribution in [3.63, 3.8) is 0 Å². The van der Waals surface area contributed by atoms with Crippen molar-refractivity contribution in [3.8, 4) is 5.75 Å². The van der Waals surface area contributed by atoms with Crippen LogP contribution in [0.2, 0.25) is 0 Å². The maximum Gasteiger partial charge on any atom is 0.146 e. The van der Waals surface area contributed by atoms with E-state index < -0.39 is 0 Å². The molecule has 0 heterocycles. The van der Waals surface area contributed by atoms with E-state index in [0.717, 1.165) is 12.8 Å². The van der Waals surface area contributed by atoms with Crippen LogP contribution in [0.4, 0.5) is 10.1 Å². The Hall–Kier alpha value is -1.29. The first-order chi connectivity index (χ1) is 9.48. The zero-order valence-electron chi connectivity index (χ0n) is 12.6. The number of nitrogens with one attached hydrogen (secondary N) is 1. The van der Waals surface area contributed by atoms with Crippen LogP contribution < -0.4 is 15.8 Å². The standard InChI is InChI=1S/C16H25FN2O/c1-11-6-12(2)9-16(8-11,10-18)19-15-7-13(20-3)4-5-14(15)17/h4-5,7,11-12,19H,6,8-10,18H2,1-3H3. The second kappa shape index (κ2) is 6.00. The lowest BCUT2D eigenvalue weighted by Gasteiger charge is -2.43. The Bertz CT molecular complexity index is 454. The number of nitrogens with two attached hydrogens (primary N) is 1. The number of anilines is 1. The minimum absolute atomic E-state index is 0.218. The van der Waals surface area contributed by atoms with E-state index in [4.69, 9.17) is 10.5 Å². The van der Waals surface area contributed by atoms with E-state index in [2.05, 4.69) is 19.2 Å². The molecule has 1 aliphatic carbocycles. The lowest BCUT2D eigenvalue weighted by atomic mass is 9.71. The third-order valence-corrected chi connectivity index (χ3v) is 4.25. The van der Waals surface area contributed by atoms with E-state index in [-0.39, 0.29) is 11.4 Å². The molecule has 0 saturated heterocycles. The third-order valence-electron chi connectivity index (χ3n) is 4.25. The molecule has 2 unspecified atom stereocenters. The Kier molecular flexibility index (Phi) is 4.53. The SMILES string of the molecule is COc1ccc(F)c(NC2(CN)CC(C)CC(C)C2)c1. The van der Waals surface area contributed by atoms with Gasteiger partial charge in [0.25, 0.3) is 0 Å². The van der Waals surface area contributed by atoms with Crippen molar-refractivity contribution >= 4 is 5.69 Å². The molecule has 4 heteroatoms. The molecular weight excluding hydrogens is 255 g/mol. The van der Waals surface area contributed by atoms with Crippen LogP contribution >= 0.6 is 0 Å². The van der Waals surface area contributed by atoms with Crippen LogP contribution in [0.3, 0.4) is 0 Å². The van der Waals surface area contributed by atoms with Gasteiger partial charge in [0.05, 0.1) is 18.3 Å². The molecule has 20 heavy (non-hydrogen) atoms. The zero-order chi connectivity index (χ0) is 14.8. The van der Waals surface area contributed by atoms with Crippen LogP contribution in [0, 0.1) is 17.7 Å². The molecule has 0 bridgehead atoms. The van der Waals surface area contributed by atoms with Gasteiger partial charge in [0.1, 0.15) is 11.6 Å². The predicted molar refractivity (Wildman–Crippen MR) is 80.5 cm³/mol. The average Bonchev–Trinajstić information content (AvgIpc) is 2.40. The maximum absolute atomic E-state index is 14.0. The highest BCUT2D eigenvalue weighted by Crippen LogP contribution is 2.38. The molecule has 1 aromatic rings. The van der Waals surface area contributed by atoms with Gasteiger partial charge in [0, 0.05) is 12.6 Å². The summed E-state index contributed by atoms with van der Waals surface area (Å²) in [5.41, 5.74) is 6.28. The fourth-order valence-electron chi connectivity index (χ4n) is 3.60. The minimum Gasteiger partial charge on any atom is -0.497 e. The highest BCUT2D eigenvalue weighted by molar-refractivity contribution is 5.51. The monoisotopic (exact) mass is 280 g/mol. The summed E-state index contributed by atoms with van der Waals surface area (Å²) in [4.78, 5) is 0. The fourth-order valence-corrected chi connectivity index (χ4v) is 3.60. The van der Waals surface area contributed by atoms with Crippen LogP contribution in [0.15, 0.2) is 18.2 Å². The Morgan fingerprint density at radius 3 is 2.55 bits per heavy atom. The number of hydrogen-bond acceptors (Lipinski definition) is 3. The van der Waals surface area contributed by atoms with Gasteiger partial charge in [0.2, 0.25) is 0 Å². The molecule has 2 rings (SSSR count). The molecule has 0 amide bonds. The highest BCUT2D eigenvalue weighted by Gasteiger charge is 2.37. The van der Waals surface area contributed by atoms with Gasteiger partial charge in [-0.2, -0.15) is 0 Å². The molecule has 0 spiro atoms. The van der Waals surface area contributed by atoms with Crippen LogP contribution in [0.25, 0.3) is 0 Å². The van der Waals surface area contributed by atoms with E-state index in [0.29, 0.717) is 29.8 Å². The smallest absolute Gasteiger partial charge is 0.146 e. The summed E-state index contributed by atoms with van der Waals surface area (Å²) in [6.07, 6.45) is 3.17. The van der Waals surface area contributed by atoms with Crippen LogP contribution in [-0.2, 0) is 0 Å². The Labute approximate surface area is 120 Å². The summed E-state index contributed by atoms with van der Waals surface area (Å²) in [7, 11) is 1.58. The summed E-state index contributed by atoms with van der Waals surface area (Å²) >= 11 is 0. The fraction of sp³-hybridized carbons (Fsp3) is 0.625. The second-order valence-corrected chi connectivity index (χ2v) is 6.31. The third kappa shape index (κ3) is 3.23. The number of ether oxygens (including phenoxy) is 1. The van der Waals surface area contributed by atoms with Gasteiger partial charge < -0.3 is 15.8 Å². The van der Waals surface area contributed by atoms with Gasteiger partial charge in [-0.15, -0.1) is 0 Å². The normalized spacial score (nSPS) is 30.1. The number of methoxy groups -OCH3 is 1. The first-order valence-corrected chi connectivity index (χ1v) is 7.30. The van der Waals surface area contributed by atoms with Gasteiger partial charge in [-0.25, -0.2) is 4.39 Å². The second-order valence-electron chi connectivity index (χ2n) is 6.31. The van der Waals surface area contributed by atoms with Crippen molar-refractivity contribution in [3.05, 3.63) is 24.0 Å². The topological polar surface area (TPSA) is 47.3 Å². The molecule has 1 aromatic carbocycles. The summed E-state index contributed by atoms with van der Waals surface area (Å²) in [6, 6.07) is 4.76. The van der Waals surface area contributed by atoms with Crippen molar-refractivity contribution in [1.82, 2.24) is 0 Å². The Balaban J connectivity index is 2.25. The van der Waals surface area contributed by atoms with Gasteiger partial charge in [0.15, 0.2) is 0 Å². The van der Waals surface area contributed by atoms with Gasteiger partial charge in [-0.1, -0.05) is 13.8 Å². The molecule has 2 atom stereocenters. The Morgan fingerprint density at radius 1 is 1.35 bits per heavy atom. The van der Waals surface area contributed by atoms with Gasteiger partial charge >= 0.3 is 0 Å². The largest absolute Gasteiger partial charge is 0.497 e. The molecule has 1 fully saturated rings. The van der Waals surface area contributed by atoms with Crippen molar-refractivity contribution in [2.45, 2.75) is 38.6 Å². The summed E-state index contributed by atoms with van der Waals surface area (Å²) in [6.45, 7) is 4.99. The van der Waals surface area contributed by atoms with E-state index in [1.807, 2.05) is 0 Å². The average molecular weight is 280 g/mol. The zero-order valence-corrected chi connectivity index (χ0v) is 12.6. The van der Waals surface area contributed by atoms with Crippen molar-refractivity contribution in [1.29, 1.82) is 0 Å². The number of hydrogen-bond donors (Lipinski definition) is 2. The van der Waals surface area contributed by atoms with Crippen LogP contribution in [0.1, 0.15) is 33.1 Å². The van der Waals surface area contributed by atoms with Gasteiger partial charge in [-0.3, -0.25) is 0 Å².